The van der Waals surface area contributed by atoms with Crippen LogP contribution in [0.5, 0.6) is 0 Å². The smallest absolute Gasteiger partial charge is 0.0372 e. The number of aromatic nitrogens is 1. The van der Waals surface area contributed by atoms with Gasteiger partial charge in [-0.25, -0.2) is 0 Å². The highest BCUT2D eigenvalue weighted by Crippen LogP contribution is 2.29. The van der Waals surface area contributed by atoms with E-state index in [1.807, 2.05) is 13.1 Å². The maximum atomic E-state index is 4.33. The number of nitrogens with zero attached hydrogens (tertiary/aromatic N) is 2. The van der Waals surface area contributed by atoms with Crippen LogP contribution in [0.4, 0.5) is 0 Å². The van der Waals surface area contributed by atoms with Crippen LogP contribution in [0.1, 0.15) is 31.0 Å². The van der Waals surface area contributed by atoms with Gasteiger partial charge in [-0.05, 0) is 56.9 Å². The van der Waals surface area contributed by atoms with E-state index in [2.05, 4.69) is 41.3 Å². The molecule has 0 saturated carbocycles. The van der Waals surface area contributed by atoms with Crippen molar-refractivity contribution in [1.82, 2.24) is 15.2 Å². The van der Waals surface area contributed by atoms with Gasteiger partial charge in [0.1, 0.15) is 0 Å². The van der Waals surface area contributed by atoms with E-state index in [4.69, 9.17) is 0 Å². The van der Waals surface area contributed by atoms with Gasteiger partial charge in [-0.1, -0.05) is 13.0 Å². The van der Waals surface area contributed by atoms with Crippen LogP contribution in [0.15, 0.2) is 18.3 Å². The van der Waals surface area contributed by atoms with Crippen LogP contribution >= 0.6 is 0 Å². The van der Waals surface area contributed by atoms with E-state index in [0.717, 1.165) is 18.8 Å². The Labute approximate surface area is 111 Å². The molecule has 1 aromatic rings. The number of hydrogen-bond donors (Lipinski definition) is 1. The number of aryl methyl sites for hydroxylation is 1. The molecule has 0 bridgehead atoms. The predicted molar refractivity (Wildman–Crippen MR) is 75.5 cm³/mol. The molecule has 0 atom stereocenters. The summed E-state index contributed by atoms with van der Waals surface area (Å²) in [5.74, 6) is 0. The first-order valence-corrected chi connectivity index (χ1v) is 6.88. The molecule has 18 heavy (non-hydrogen) atoms. The number of piperidine rings is 1. The fourth-order valence-electron chi connectivity index (χ4n) is 2.45. The molecule has 1 aromatic heterocycles. The first-order valence-electron chi connectivity index (χ1n) is 6.88. The first kappa shape index (κ1) is 13.5. The lowest BCUT2D eigenvalue weighted by molar-refractivity contribution is 0.137. The van der Waals surface area contributed by atoms with Gasteiger partial charge in [-0.15, -0.1) is 0 Å². The topological polar surface area (TPSA) is 28.2 Å². The molecule has 2 rings (SSSR count). The third-order valence-corrected chi connectivity index (χ3v) is 4.05. The van der Waals surface area contributed by atoms with E-state index >= 15 is 0 Å². The zero-order chi connectivity index (χ0) is 13.0. The SMILES string of the molecule is Cc1ccc(CNCC2(C)CCN(C)CC2)cn1. The molecule has 1 fully saturated rings. The quantitative estimate of drug-likeness (QED) is 0.884. The molecule has 0 aromatic carbocycles. The fraction of sp³-hybridized carbons (Fsp3) is 0.667. The molecular formula is C15H25N3. The molecule has 1 aliphatic rings. The van der Waals surface area contributed by atoms with E-state index in [1.54, 1.807) is 0 Å². The Morgan fingerprint density at radius 3 is 2.67 bits per heavy atom. The lowest BCUT2D eigenvalue weighted by atomic mass is 9.80. The van der Waals surface area contributed by atoms with Crippen molar-refractivity contribution in [2.24, 2.45) is 5.41 Å². The van der Waals surface area contributed by atoms with Gasteiger partial charge >= 0.3 is 0 Å². The molecule has 2 heterocycles. The lowest BCUT2D eigenvalue weighted by Gasteiger charge is -2.38. The first-order chi connectivity index (χ1) is 8.57. The molecule has 1 saturated heterocycles. The highest BCUT2D eigenvalue weighted by Gasteiger charge is 2.28. The Morgan fingerprint density at radius 1 is 1.33 bits per heavy atom. The average molecular weight is 247 g/mol. The molecule has 0 spiro atoms. The summed E-state index contributed by atoms with van der Waals surface area (Å²) in [5, 5.41) is 3.59. The van der Waals surface area contributed by atoms with Crippen LogP contribution in [0.25, 0.3) is 0 Å². The summed E-state index contributed by atoms with van der Waals surface area (Å²) in [5.41, 5.74) is 2.82. The Balaban J connectivity index is 1.76. The van der Waals surface area contributed by atoms with E-state index in [1.165, 1.54) is 31.5 Å². The number of hydrogen-bond acceptors (Lipinski definition) is 3. The summed E-state index contributed by atoms with van der Waals surface area (Å²) in [7, 11) is 2.21. The van der Waals surface area contributed by atoms with Gasteiger partial charge in [0.2, 0.25) is 0 Å². The number of likely N-dealkylation sites (tertiary alicyclic amines) is 1. The van der Waals surface area contributed by atoms with Gasteiger partial charge in [0, 0.05) is 25.0 Å². The van der Waals surface area contributed by atoms with Gasteiger partial charge in [0.05, 0.1) is 0 Å². The highest BCUT2D eigenvalue weighted by atomic mass is 15.1. The predicted octanol–water partition coefficient (Wildman–Crippen LogP) is 2.21. The van der Waals surface area contributed by atoms with E-state index in [-0.39, 0.29) is 0 Å². The van der Waals surface area contributed by atoms with E-state index < -0.39 is 0 Å². The van der Waals surface area contributed by atoms with Crippen molar-refractivity contribution >= 4 is 0 Å². The molecule has 3 heteroatoms. The average Bonchev–Trinajstić information content (AvgIpc) is 2.36. The van der Waals surface area contributed by atoms with Gasteiger partial charge in [0.25, 0.3) is 0 Å². The molecule has 0 amide bonds. The second-order valence-corrected chi connectivity index (χ2v) is 6.03. The van der Waals surface area contributed by atoms with Crippen molar-refractivity contribution in [1.29, 1.82) is 0 Å². The minimum atomic E-state index is 0.463. The molecular weight excluding hydrogens is 222 g/mol. The Hall–Kier alpha value is -0.930. The van der Waals surface area contributed by atoms with Crippen LogP contribution in [-0.2, 0) is 6.54 Å². The summed E-state index contributed by atoms with van der Waals surface area (Å²) >= 11 is 0. The lowest BCUT2D eigenvalue weighted by Crippen LogP contribution is -2.41. The largest absolute Gasteiger partial charge is 0.312 e. The highest BCUT2D eigenvalue weighted by molar-refractivity contribution is 5.12. The third kappa shape index (κ3) is 3.79. The van der Waals surface area contributed by atoms with E-state index in [9.17, 15) is 0 Å². The minimum absolute atomic E-state index is 0.463. The minimum Gasteiger partial charge on any atom is -0.312 e. The maximum Gasteiger partial charge on any atom is 0.0372 e. The van der Waals surface area contributed by atoms with Crippen LogP contribution in [-0.4, -0.2) is 36.6 Å². The van der Waals surface area contributed by atoms with Crippen LogP contribution in [0.2, 0.25) is 0 Å². The Kier molecular flexibility index (Phi) is 4.36. The third-order valence-electron chi connectivity index (χ3n) is 4.05. The molecule has 3 nitrogen and oxygen atoms in total. The number of nitrogens with one attached hydrogen (secondary N) is 1. The molecule has 100 valence electrons. The van der Waals surface area contributed by atoms with Crippen molar-refractivity contribution in [3.8, 4) is 0 Å². The molecule has 0 aliphatic carbocycles. The Morgan fingerprint density at radius 2 is 2.06 bits per heavy atom. The van der Waals surface area contributed by atoms with E-state index in [0.29, 0.717) is 5.41 Å². The van der Waals surface area contributed by atoms with Gasteiger partial charge in [-0.2, -0.15) is 0 Å². The summed E-state index contributed by atoms with van der Waals surface area (Å²) in [6, 6.07) is 4.24. The maximum absolute atomic E-state index is 4.33. The van der Waals surface area contributed by atoms with Crippen LogP contribution in [0, 0.1) is 12.3 Å². The van der Waals surface area contributed by atoms with Crippen molar-refractivity contribution < 1.29 is 0 Å². The normalized spacial score (nSPS) is 19.9. The van der Waals surface area contributed by atoms with Gasteiger partial charge in [-0.3, -0.25) is 4.98 Å². The standard InChI is InChI=1S/C15H25N3/c1-13-4-5-14(11-17-13)10-16-12-15(2)6-8-18(3)9-7-15/h4-5,11,16H,6-10,12H2,1-3H3. The Bertz CT molecular complexity index is 364. The summed E-state index contributed by atoms with van der Waals surface area (Å²) in [6.07, 6.45) is 4.56. The van der Waals surface area contributed by atoms with Crippen LogP contribution < -0.4 is 5.32 Å². The molecule has 0 radical (unpaired) electrons. The fourth-order valence-corrected chi connectivity index (χ4v) is 2.45. The number of rotatable bonds is 4. The van der Waals surface area contributed by atoms with Crippen LogP contribution in [0.3, 0.4) is 0 Å². The van der Waals surface area contributed by atoms with Crippen molar-refractivity contribution in [2.45, 2.75) is 33.2 Å². The van der Waals surface area contributed by atoms with Crippen molar-refractivity contribution in [3.05, 3.63) is 29.6 Å². The van der Waals surface area contributed by atoms with Gasteiger partial charge < -0.3 is 10.2 Å². The number of pyridine rings is 1. The molecule has 1 N–H and O–H groups in total. The second kappa shape index (κ2) is 5.81. The summed E-state index contributed by atoms with van der Waals surface area (Å²) in [6.45, 7) is 8.92. The molecule has 0 unspecified atom stereocenters. The zero-order valence-electron chi connectivity index (χ0n) is 11.9. The summed E-state index contributed by atoms with van der Waals surface area (Å²) < 4.78 is 0. The monoisotopic (exact) mass is 247 g/mol. The summed E-state index contributed by atoms with van der Waals surface area (Å²) in [4.78, 5) is 6.75. The molecule has 1 aliphatic heterocycles. The van der Waals surface area contributed by atoms with Gasteiger partial charge in [0.15, 0.2) is 0 Å². The second-order valence-electron chi connectivity index (χ2n) is 6.03. The van der Waals surface area contributed by atoms with Crippen molar-refractivity contribution in [3.63, 3.8) is 0 Å². The van der Waals surface area contributed by atoms with Crippen molar-refractivity contribution in [2.75, 3.05) is 26.7 Å². The zero-order valence-corrected chi connectivity index (χ0v) is 11.9.